The Bertz CT molecular complexity index is 870. The summed E-state index contributed by atoms with van der Waals surface area (Å²) in [5.41, 5.74) is 3.15. The summed E-state index contributed by atoms with van der Waals surface area (Å²) in [6, 6.07) is 13.8. The van der Waals surface area contributed by atoms with Crippen molar-refractivity contribution in [3.63, 3.8) is 0 Å². The number of amides is 1. The van der Waals surface area contributed by atoms with Gasteiger partial charge in [0.2, 0.25) is 5.91 Å². The van der Waals surface area contributed by atoms with Crippen LogP contribution < -0.4 is 9.47 Å². The number of benzene rings is 2. The van der Waals surface area contributed by atoms with E-state index in [1.807, 2.05) is 60.8 Å². The van der Waals surface area contributed by atoms with Crippen LogP contribution in [0.15, 0.2) is 60.8 Å². The Morgan fingerprint density at radius 3 is 2.32 bits per heavy atom. The second-order valence-electron chi connectivity index (χ2n) is 6.12. The van der Waals surface area contributed by atoms with Crippen LogP contribution in [0.5, 0.6) is 11.5 Å². The normalized spacial score (nSPS) is 20.9. The zero-order chi connectivity index (χ0) is 17.4. The lowest BCUT2D eigenvalue weighted by Gasteiger charge is -2.41. The van der Waals surface area contributed by atoms with Gasteiger partial charge < -0.3 is 14.4 Å². The standard InChI is InChI=1S/C21H19NO3/c1-24-19-12-16-15-8-9-18(17(16)13-20(19)25-2)22(21(15)23)11-10-14-6-4-3-5-7-14/h3-13,15,18H,1-2H3/b11-10+/t15-,18+/m1/s1. The molecular formula is C21H19NO3. The van der Waals surface area contributed by atoms with Crippen molar-refractivity contribution >= 4 is 12.0 Å². The van der Waals surface area contributed by atoms with Gasteiger partial charge in [-0.15, -0.1) is 0 Å². The molecular weight excluding hydrogens is 314 g/mol. The van der Waals surface area contributed by atoms with Gasteiger partial charge in [0, 0.05) is 6.20 Å². The molecule has 0 unspecified atom stereocenters. The van der Waals surface area contributed by atoms with Crippen LogP contribution in [0.3, 0.4) is 0 Å². The molecule has 126 valence electrons. The van der Waals surface area contributed by atoms with E-state index in [0.717, 1.165) is 16.7 Å². The van der Waals surface area contributed by atoms with Gasteiger partial charge in [-0.25, -0.2) is 0 Å². The van der Waals surface area contributed by atoms with E-state index in [1.165, 1.54) is 0 Å². The molecule has 0 N–H and O–H groups in total. The van der Waals surface area contributed by atoms with Crippen LogP contribution in [-0.2, 0) is 4.79 Å². The molecule has 3 aliphatic rings. The first-order valence-corrected chi connectivity index (χ1v) is 8.22. The molecule has 4 heteroatoms. The largest absolute Gasteiger partial charge is 0.493 e. The number of methoxy groups -OCH3 is 2. The van der Waals surface area contributed by atoms with Gasteiger partial charge in [-0.05, 0) is 34.9 Å². The third kappa shape index (κ3) is 2.50. The van der Waals surface area contributed by atoms with Gasteiger partial charge in [0.15, 0.2) is 11.5 Å². The van der Waals surface area contributed by atoms with E-state index < -0.39 is 0 Å². The van der Waals surface area contributed by atoms with Crippen molar-refractivity contribution in [2.75, 3.05) is 14.2 Å². The summed E-state index contributed by atoms with van der Waals surface area (Å²) in [5, 5.41) is 0. The highest BCUT2D eigenvalue weighted by atomic mass is 16.5. The molecule has 0 aromatic heterocycles. The Hall–Kier alpha value is -3.01. The minimum absolute atomic E-state index is 0.0828. The monoisotopic (exact) mass is 333 g/mol. The van der Waals surface area contributed by atoms with Gasteiger partial charge in [0.25, 0.3) is 0 Å². The number of fused-ring (bicyclic) bond motifs is 1. The van der Waals surface area contributed by atoms with Crippen LogP contribution in [0.1, 0.15) is 28.7 Å². The Kier molecular flexibility index (Phi) is 3.80. The lowest BCUT2D eigenvalue weighted by molar-refractivity contribution is -0.132. The highest BCUT2D eigenvalue weighted by Gasteiger charge is 2.40. The van der Waals surface area contributed by atoms with Crippen LogP contribution in [-0.4, -0.2) is 25.0 Å². The summed E-state index contributed by atoms with van der Waals surface area (Å²) < 4.78 is 10.8. The van der Waals surface area contributed by atoms with Crippen LogP contribution >= 0.6 is 0 Å². The van der Waals surface area contributed by atoms with Crippen LogP contribution in [0.2, 0.25) is 0 Å². The molecule has 25 heavy (non-hydrogen) atoms. The fraction of sp³-hybridized carbons (Fsp3) is 0.190. The molecule has 0 saturated carbocycles. The number of hydrogen-bond acceptors (Lipinski definition) is 3. The van der Waals surface area contributed by atoms with Crippen molar-refractivity contribution in [3.05, 3.63) is 77.5 Å². The second-order valence-corrected chi connectivity index (χ2v) is 6.12. The molecule has 2 atom stereocenters. The summed E-state index contributed by atoms with van der Waals surface area (Å²) in [6.07, 6.45) is 7.90. The average Bonchev–Trinajstić information content (AvgIpc) is 2.67. The zero-order valence-corrected chi connectivity index (χ0v) is 14.2. The molecule has 1 amide bonds. The van der Waals surface area contributed by atoms with Gasteiger partial charge in [-0.3, -0.25) is 4.79 Å². The van der Waals surface area contributed by atoms with Crippen LogP contribution in [0.4, 0.5) is 0 Å². The maximum atomic E-state index is 12.9. The van der Waals surface area contributed by atoms with Crippen molar-refractivity contribution in [1.29, 1.82) is 0 Å². The van der Waals surface area contributed by atoms with E-state index in [9.17, 15) is 4.79 Å². The Morgan fingerprint density at radius 1 is 0.960 bits per heavy atom. The number of nitrogens with zero attached hydrogens (tertiary/aromatic N) is 1. The second kappa shape index (κ2) is 6.13. The molecule has 2 bridgehead atoms. The van der Waals surface area contributed by atoms with Gasteiger partial charge in [-0.2, -0.15) is 0 Å². The molecule has 0 fully saturated rings. The van der Waals surface area contributed by atoms with Gasteiger partial charge in [0.05, 0.1) is 26.2 Å². The minimum atomic E-state index is -0.278. The van der Waals surface area contributed by atoms with E-state index in [1.54, 1.807) is 19.1 Å². The lowest BCUT2D eigenvalue weighted by Crippen LogP contribution is -2.41. The number of carbonyl (C=O) groups excluding carboxylic acids is 1. The third-order valence-electron chi connectivity index (χ3n) is 4.78. The zero-order valence-electron chi connectivity index (χ0n) is 14.2. The summed E-state index contributed by atoms with van der Waals surface area (Å²) >= 11 is 0. The first-order valence-electron chi connectivity index (χ1n) is 8.22. The molecule has 5 rings (SSSR count). The molecule has 2 aliphatic heterocycles. The number of carbonyl (C=O) groups is 1. The molecule has 0 radical (unpaired) electrons. The van der Waals surface area contributed by atoms with Crippen LogP contribution in [0, 0.1) is 0 Å². The first kappa shape index (κ1) is 15.5. The molecule has 4 nitrogen and oxygen atoms in total. The van der Waals surface area contributed by atoms with Crippen molar-refractivity contribution < 1.29 is 14.3 Å². The molecule has 0 saturated heterocycles. The number of hydrogen-bond donors (Lipinski definition) is 0. The minimum Gasteiger partial charge on any atom is -0.493 e. The van der Waals surface area contributed by atoms with E-state index in [0.29, 0.717) is 11.5 Å². The SMILES string of the molecule is COc1cc2c(cc1OC)[C@@H]1C=C[C@H]2C(=O)N1/C=C/c1ccccc1. The fourth-order valence-corrected chi connectivity index (χ4v) is 3.51. The Morgan fingerprint density at radius 2 is 1.64 bits per heavy atom. The van der Waals surface area contributed by atoms with E-state index in [4.69, 9.17) is 9.47 Å². The molecule has 2 heterocycles. The molecule has 2 aromatic rings. The third-order valence-corrected chi connectivity index (χ3v) is 4.78. The summed E-state index contributed by atoms with van der Waals surface area (Å²) in [6.45, 7) is 0. The van der Waals surface area contributed by atoms with E-state index in [2.05, 4.69) is 6.08 Å². The smallest absolute Gasteiger partial charge is 0.238 e. The lowest BCUT2D eigenvalue weighted by atomic mass is 9.79. The van der Waals surface area contributed by atoms with Crippen LogP contribution in [0.25, 0.3) is 6.08 Å². The quantitative estimate of drug-likeness (QED) is 0.796. The topological polar surface area (TPSA) is 38.8 Å². The van der Waals surface area contributed by atoms with Crippen molar-refractivity contribution in [1.82, 2.24) is 4.90 Å². The summed E-state index contributed by atoms with van der Waals surface area (Å²) in [7, 11) is 3.23. The fourth-order valence-electron chi connectivity index (χ4n) is 3.51. The van der Waals surface area contributed by atoms with Gasteiger partial charge in [0.1, 0.15) is 0 Å². The molecule has 2 aromatic carbocycles. The first-order chi connectivity index (χ1) is 12.2. The molecule has 0 spiro atoms. The molecule has 1 aliphatic carbocycles. The van der Waals surface area contributed by atoms with E-state index >= 15 is 0 Å². The van der Waals surface area contributed by atoms with Gasteiger partial charge in [-0.1, -0.05) is 42.5 Å². The average molecular weight is 333 g/mol. The highest BCUT2D eigenvalue weighted by Crippen LogP contribution is 2.47. The predicted molar refractivity (Wildman–Crippen MR) is 96.5 cm³/mol. The number of rotatable bonds is 4. The Balaban J connectivity index is 1.74. The van der Waals surface area contributed by atoms with E-state index in [-0.39, 0.29) is 17.9 Å². The van der Waals surface area contributed by atoms with Crippen molar-refractivity contribution in [2.45, 2.75) is 12.0 Å². The maximum Gasteiger partial charge on any atom is 0.238 e. The number of ether oxygens (including phenoxy) is 2. The maximum absolute atomic E-state index is 12.9. The highest BCUT2D eigenvalue weighted by molar-refractivity contribution is 5.92. The van der Waals surface area contributed by atoms with Crippen molar-refractivity contribution in [2.24, 2.45) is 0 Å². The van der Waals surface area contributed by atoms with Crippen molar-refractivity contribution in [3.8, 4) is 11.5 Å². The summed E-state index contributed by atoms with van der Waals surface area (Å²) in [4.78, 5) is 14.7. The summed E-state index contributed by atoms with van der Waals surface area (Å²) in [5.74, 6) is 1.14. The van der Waals surface area contributed by atoms with Gasteiger partial charge >= 0.3 is 0 Å². The predicted octanol–water partition coefficient (Wildman–Crippen LogP) is 3.91. The Labute approximate surface area is 147 Å².